The van der Waals surface area contributed by atoms with Crippen molar-refractivity contribution in [3.8, 4) is 5.82 Å². The van der Waals surface area contributed by atoms with E-state index in [1.165, 1.54) is 10.7 Å². The lowest BCUT2D eigenvalue weighted by molar-refractivity contribution is 0.0240. The van der Waals surface area contributed by atoms with Crippen LogP contribution in [0.15, 0.2) is 23.0 Å². The molecule has 0 saturated carbocycles. The van der Waals surface area contributed by atoms with Gasteiger partial charge < -0.3 is 19.5 Å². The molecule has 10 heteroatoms. The molecule has 10 nitrogen and oxygen atoms in total. The Morgan fingerprint density at radius 1 is 1.20 bits per heavy atom. The number of tetrazole rings is 1. The van der Waals surface area contributed by atoms with Crippen LogP contribution in [0.1, 0.15) is 20.8 Å². The van der Waals surface area contributed by atoms with Gasteiger partial charge in [-0.25, -0.2) is 4.79 Å². The molecule has 0 atom stereocenters. The summed E-state index contributed by atoms with van der Waals surface area (Å²) in [5.41, 5.74) is -0.744. The third kappa shape index (κ3) is 3.95. The number of rotatable bonds is 2. The quantitative estimate of drug-likeness (QED) is 0.838. The second-order valence-corrected chi connectivity index (χ2v) is 6.75. The normalized spacial score (nSPS) is 15.3. The Balaban J connectivity index is 1.69. The summed E-state index contributed by atoms with van der Waals surface area (Å²) in [7, 11) is 0. The lowest BCUT2D eigenvalue weighted by Gasteiger charge is -2.35. The maximum Gasteiger partial charge on any atom is 0.410 e. The molecule has 0 bridgehead atoms. The first-order chi connectivity index (χ1) is 11.8. The SMILES string of the molecule is CC(C)(C)OC(=O)N1CCN(c2nnnn2-c2cccc(=O)[nH]2)CC1. The predicted molar refractivity (Wildman–Crippen MR) is 89.8 cm³/mol. The molecule has 0 aliphatic carbocycles. The number of nitrogens with zero attached hydrogens (tertiary/aromatic N) is 6. The van der Waals surface area contributed by atoms with Gasteiger partial charge in [0, 0.05) is 32.2 Å². The van der Waals surface area contributed by atoms with Crippen molar-refractivity contribution < 1.29 is 9.53 Å². The fourth-order valence-corrected chi connectivity index (χ4v) is 2.51. The molecule has 0 spiro atoms. The number of carbonyl (C=O) groups excluding carboxylic acids is 1. The van der Waals surface area contributed by atoms with E-state index in [-0.39, 0.29) is 11.7 Å². The molecule has 1 amide bonds. The zero-order chi connectivity index (χ0) is 18.0. The number of hydrogen-bond acceptors (Lipinski definition) is 7. The van der Waals surface area contributed by atoms with Crippen LogP contribution in [-0.4, -0.2) is 68.0 Å². The summed E-state index contributed by atoms with van der Waals surface area (Å²) >= 11 is 0. The first kappa shape index (κ1) is 16.9. The van der Waals surface area contributed by atoms with Crippen LogP contribution in [0.25, 0.3) is 5.82 Å². The summed E-state index contributed by atoms with van der Waals surface area (Å²) in [6, 6.07) is 4.78. The van der Waals surface area contributed by atoms with E-state index < -0.39 is 5.60 Å². The van der Waals surface area contributed by atoms with Crippen LogP contribution in [0.2, 0.25) is 0 Å². The molecule has 25 heavy (non-hydrogen) atoms. The number of carbonyl (C=O) groups is 1. The van der Waals surface area contributed by atoms with Crippen molar-refractivity contribution in [3.63, 3.8) is 0 Å². The minimum absolute atomic E-state index is 0.228. The van der Waals surface area contributed by atoms with Crippen LogP contribution in [0.3, 0.4) is 0 Å². The monoisotopic (exact) mass is 347 g/mol. The molecule has 0 aromatic carbocycles. The van der Waals surface area contributed by atoms with Gasteiger partial charge in [0.25, 0.3) is 5.95 Å². The van der Waals surface area contributed by atoms with E-state index in [4.69, 9.17) is 4.74 Å². The molecule has 1 aliphatic heterocycles. The first-order valence-corrected chi connectivity index (χ1v) is 8.04. The molecule has 2 aromatic heterocycles. The molecular formula is C15H21N7O3. The first-order valence-electron chi connectivity index (χ1n) is 8.04. The summed E-state index contributed by atoms with van der Waals surface area (Å²) in [6.07, 6.45) is -0.320. The molecule has 134 valence electrons. The molecule has 3 heterocycles. The highest BCUT2D eigenvalue weighted by Crippen LogP contribution is 2.17. The molecule has 2 aromatic rings. The van der Waals surface area contributed by atoms with Crippen molar-refractivity contribution >= 4 is 12.0 Å². The number of ether oxygens (including phenoxy) is 1. The van der Waals surface area contributed by atoms with Gasteiger partial charge in [-0.1, -0.05) is 11.2 Å². The topological polar surface area (TPSA) is 109 Å². The largest absolute Gasteiger partial charge is 0.444 e. The zero-order valence-corrected chi connectivity index (χ0v) is 14.5. The van der Waals surface area contributed by atoms with Gasteiger partial charge in [0.1, 0.15) is 11.4 Å². The van der Waals surface area contributed by atoms with Gasteiger partial charge in [0.2, 0.25) is 5.56 Å². The van der Waals surface area contributed by atoms with E-state index in [0.717, 1.165) is 0 Å². The van der Waals surface area contributed by atoms with Crippen molar-refractivity contribution in [2.75, 3.05) is 31.1 Å². The molecule has 1 aliphatic rings. The summed E-state index contributed by atoms with van der Waals surface area (Å²) < 4.78 is 6.87. The number of amides is 1. The van der Waals surface area contributed by atoms with Crippen LogP contribution in [0, 0.1) is 0 Å². The number of H-pyrrole nitrogens is 1. The van der Waals surface area contributed by atoms with Crippen LogP contribution in [0.5, 0.6) is 0 Å². The highest BCUT2D eigenvalue weighted by Gasteiger charge is 2.28. The fourth-order valence-electron chi connectivity index (χ4n) is 2.51. The minimum Gasteiger partial charge on any atom is -0.444 e. The highest BCUT2D eigenvalue weighted by molar-refractivity contribution is 5.68. The van der Waals surface area contributed by atoms with Crippen LogP contribution in [-0.2, 0) is 4.74 Å². The Kier molecular flexibility index (Phi) is 4.43. The third-order valence-corrected chi connectivity index (χ3v) is 3.65. The second kappa shape index (κ2) is 6.54. The van der Waals surface area contributed by atoms with Crippen molar-refractivity contribution in [2.45, 2.75) is 26.4 Å². The predicted octanol–water partition coefficient (Wildman–Crippen LogP) is 0.408. The second-order valence-electron chi connectivity index (χ2n) is 6.75. The number of aromatic nitrogens is 5. The van der Waals surface area contributed by atoms with E-state index >= 15 is 0 Å². The van der Waals surface area contributed by atoms with Gasteiger partial charge >= 0.3 is 6.09 Å². The number of pyridine rings is 1. The Bertz CT molecular complexity index is 800. The van der Waals surface area contributed by atoms with Crippen molar-refractivity contribution in [3.05, 3.63) is 28.6 Å². The van der Waals surface area contributed by atoms with Gasteiger partial charge in [-0.3, -0.25) is 4.79 Å². The molecule has 1 fully saturated rings. The van der Waals surface area contributed by atoms with Crippen molar-refractivity contribution in [1.82, 2.24) is 30.1 Å². The number of hydrogen-bond donors (Lipinski definition) is 1. The van der Waals surface area contributed by atoms with E-state index in [0.29, 0.717) is 37.9 Å². The number of aromatic amines is 1. The summed E-state index contributed by atoms with van der Waals surface area (Å²) in [5.74, 6) is 1.01. The Hall–Kier alpha value is -2.91. The maximum absolute atomic E-state index is 12.1. The van der Waals surface area contributed by atoms with E-state index in [1.54, 1.807) is 17.0 Å². The molecule has 0 radical (unpaired) electrons. The Morgan fingerprint density at radius 3 is 2.56 bits per heavy atom. The molecule has 1 saturated heterocycles. The lowest BCUT2D eigenvalue weighted by Crippen LogP contribution is -2.50. The van der Waals surface area contributed by atoms with Gasteiger partial charge in [-0.05, 0) is 37.3 Å². The molecular weight excluding hydrogens is 326 g/mol. The maximum atomic E-state index is 12.1. The number of piperazine rings is 1. The van der Waals surface area contributed by atoms with Crippen LogP contribution in [0.4, 0.5) is 10.7 Å². The lowest BCUT2D eigenvalue weighted by atomic mass is 10.2. The number of anilines is 1. The van der Waals surface area contributed by atoms with Gasteiger partial charge in [0.05, 0.1) is 0 Å². The smallest absolute Gasteiger partial charge is 0.410 e. The number of nitrogens with one attached hydrogen (secondary N) is 1. The minimum atomic E-state index is -0.516. The highest BCUT2D eigenvalue weighted by atomic mass is 16.6. The average Bonchev–Trinajstić information content (AvgIpc) is 3.03. The Morgan fingerprint density at radius 2 is 1.92 bits per heavy atom. The molecule has 0 unspecified atom stereocenters. The Labute approximate surface area is 144 Å². The average molecular weight is 347 g/mol. The van der Waals surface area contributed by atoms with E-state index in [9.17, 15) is 9.59 Å². The summed E-state index contributed by atoms with van der Waals surface area (Å²) in [6.45, 7) is 7.68. The molecule has 3 rings (SSSR count). The van der Waals surface area contributed by atoms with Crippen molar-refractivity contribution in [2.24, 2.45) is 0 Å². The van der Waals surface area contributed by atoms with Crippen LogP contribution < -0.4 is 10.5 Å². The van der Waals surface area contributed by atoms with Gasteiger partial charge in [-0.15, -0.1) is 0 Å². The van der Waals surface area contributed by atoms with Gasteiger partial charge in [0.15, 0.2) is 0 Å². The summed E-state index contributed by atoms with van der Waals surface area (Å²) in [4.78, 5) is 30.0. The van der Waals surface area contributed by atoms with E-state index in [2.05, 4.69) is 20.5 Å². The van der Waals surface area contributed by atoms with Crippen molar-refractivity contribution in [1.29, 1.82) is 0 Å². The van der Waals surface area contributed by atoms with Gasteiger partial charge in [-0.2, -0.15) is 4.68 Å². The van der Waals surface area contributed by atoms with E-state index in [1.807, 2.05) is 25.7 Å². The standard InChI is InChI=1S/C15H21N7O3/c1-15(2,3)25-14(24)21-9-7-20(8-10-21)13-17-18-19-22(13)11-5-4-6-12(23)16-11/h4-6H,7-10H2,1-3H3,(H,16,23). The molecule has 1 N–H and O–H groups in total. The summed E-state index contributed by atoms with van der Waals surface area (Å²) in [5, 5.41) is 11.7. The van der Waals surface area contributed by atoms with Crippen LogP contribution >= 0.6 is 0 Å². The zero-order valence-electron chi connectivity index (χ0n) is 14.5. The fraction of sp³-hybridized carbons (Fsp3) is 0.533. The third-order valence-electron chi connectivity index (χ3n) is 3.65.